The van der Waals surface area contributed by atoms with Gasteiger partial charge in [-0.3, -0.25) is 4.79 Å². The van der Waals surface area contributed by atoms with Gasteiger partial charge in [-0.25, -0.2) is 21.6 Å². The number of carbonyl (C=O) groups excluding carboxylic acids is 1. The van der Waals surface area contributed by atoms with E-state index in [1.807, 2.05) is 12.1 Å². The van der Waals surface area contributed by atoms with E-state index in [9.17, 15) is 21.6 Å². The van der Waals surface area contributed by atoms with Crippen LogP contribution in [0.4, 0.5) is 5.69 Å². The Balaban J connectivity index is 1.43. The second kappa shape index (κ2) is 10.5. The molecular formula is C29H35ClN2O6S2. The summed E-state index contributed by atoms with van der Waals surface area (Å²) in [5.74, 6) is -0.251. The summed E-state index contributed by atoms with van der Waals surface area (Å²) in [5, 5.41) is 0.295. The van der Waals surface area contributed by atoms with E-state index in [2.05, 4.69) is 15.7 Å². The number of halogens is 1. The van der Waals surface area contributed by atoms with Gasteiger partial charge in [-0.15, -0.1) is 0 Å². The number of hydrogen-bond donors (Lipinski definition) is 1. The highest BCUT2D eigenvalue weighted by Crippen LogP contribution is 2.46. The Kier molecular flexibility index (Phi) is 7.32. The molecule has 0 radical (unpaired) electrons. The number of benzene rings is 2. The van der Waals surface area contributed by atoms with Gasteiger partial charge in [0.15, 0.2) is 9.84 Å². The fourth-order valence-corrected chi connectivity index (χ4v) is 10.4. The second-order valence-corrected chi connectivity index (χ2v) is 16.5. The summed E-state index contributed by atoms with van der Waals surface area (Å²) in [6.07, 6.45) is 5.48. The Morgan fingerprint density at radius 3 is 2.60 bits per heavy atom. The number of nitrogens with one attached hydrogen (secondary N) is 1. The fourth-order valence-electron chi connectivity index (χ4n) is 6.93. The number of nitrogens with zero attached hydrogens (tertiary/aromatic N) is 1. The van der Waals surface area contributed by atoms with Gasteiger partial charge in [-0.05, 0) is 92.3 Å². The molecule has 11 heteroatoms. The van der Waals surface area contributed by atoms with E-state index in [1.165, 1.54) is 11.1 Å². The van der Waals surface area contributed by atoms with E-state index in [0.29, 0.717) is 61.8 Å². The molecule has 1 amide bonds. The van der Waals surface area contributed by atoms with E-state index >= 15 is 0 Å². The molecule has 1 spiro atoms. The van der Waals surface area contributed by atoms with Crippen LogP contribution in [0.3, 0.4) is 0 Å². The van der Waals surface area contributed by atoms with Gasteiger partial charge in [-0.1, -0.05) is 24.1 Å². The third-order valence-electron chi connectivity index (χ3n) is 9.15. The van der Waals surface area contributed by atoms with E-state index in [-0.39, 0.29) is 28.4 Å². The lowest BCUT2D eigenvalue weighted by atomic mass is 9.70. The summed E-state index contributed by atoms with van der Waals surface area (Å²) in [6.45, 7) is 1.56. The van der Waals surface area contributed by atoms with Crippen LogP contribution in [0.5, 0.6) is 5.75 Å². The van der Waals surface area contributed by atoms with Gasteiger partial charge in [0.05, 0.1) is 29.0 Å². The van der Waals surface area contributed by atoms with Crippen molar-refractivity contribution in [1.29, 1.82) is 0 Å². The molecule has 6 rings (SSSR count). The summed E-state index contributed by atoms with van der Waals surface area (Å²) in [4.78, 5) is 15.2. The van der Waals surface area contributed by atoms with Crippen molar-refractivity contribution in [3.63, 3.8) is 0 Å². The van der Waals surface area contributed by atoms with E-state index < -0.39 is 31.0 Å². The first-order valence-electron chi connectivity index (χ1n) is 14.1. The number of anilines is 1. The molecule has 40 heavy (non-hydrogen) atoms. The van der Waals surface area contributed by atoms with Gasteiger partial charge < -0.3 is 9.64 Å². The van der Waals surface area contributed by atoms with Crippen LogP contribution in [-0.4, -0.2) is 59.2 Å². The van der Waals surface area contributed by atoms with Gasteiger partial charge in [0.25, 0.3) is 5.91 Å². The molecule has 4 aliphatic rings. The van der Waals surface area contributed by atoms with Crippen molar-refractivity contribution in [3.05, 3.63) is 58.1 Å². The number of amides is 1. The summed E-state index contributed by atoms with van der Waals surface area (Å²) < 4.78 is 60.5. The lowest BCUT2D eigenvalue weighted by Gasteiger charge is -2.44. The average Bonchev–Trinajstić information content (AvgIpc) is 3.02. The molecule has 1 fully saturated rings. The van der Waals surface area contributed by atoms with Crippen molar-refractivity contribution < 1.29 is 26.4 Å². The average molecular weight is 607 g/mol. The summed E-state index contributed by atoms with van der Waals surface area (Å²) in [5.41, 5.74) is 3.00. The predicted octanol–water partition coefficient (Wildman–Crippen LogP) is 4.25. The molecule has 1 saturated carbocycles. The molecule has 2 aliphatic heterocycles. The van der Waals surface area contributed by atoms with Crippen molar-refractivity contribution in [2.24, 2.45) is 5.92 Å². The third-order valence-corrected chi connectivity index (χ3v) is 13.1. The number of sulfone groups is 1. The molecule has 3 atom stereocenters. The molecule has 2 bridgehead atoms. The second-order valence-electron chi connectivity index (χ2n) is 11.8. The zero-order valence-corrected chi connectivity index (χ0v) is 24.8. The Morgan fingerprint density at radius 2 is 1.80 bits per heavy atom. The predicted molar refractivity (Wildman–Crippen MR) is 156 cm³/mol. The Bertz CT molecular complexity index is 1540. The van der Waals surface area contributed by atoms with E-state index in [0.717, 1.165) is 25.7 Å². The quantitative estimate of drug-likeness (QED) is 0.477. The first kappa shape index (κ1) is 27.8. The highest BCUT2D eigenvalue weighted by atomic mass is 35.5. The summed E-state index contributed by atoms with van der Waals surface area (Å²) >= 11 is 6.35. The fraction of sp³-hybridized carbons (Fsp3) is 0.552. The number of ether oxygens (including phenoxy) is 1. The van der Waals surface area contributed by atoms with E-state index in [1.54, 1.807) is 18.2 Å². The number of aryl methyl sites for hydroxylation is 1. The minimum Gasteiger partial charge on any atom is -0.490 e. The maximum atomic E-state index is 13.3. The largest absolute Gasteiger partial charge is 0.490 e. The molecule has 0 unspecified atom stereocenters. The van der Waals surface area contributed by atoms with Crippen LogP contribution >= 0.6 is 11.6 Å². The van der Waals surface area contributed by atoms with Crippen LogP contribution < -0.4 is 14.4 Å². The molecular weight excluding hydrogens is 572 g/mol. The molecule has 1 N–H and O–H groups in total. The third kappa shape index (κ3) is 5.34. The van der Waals surface area contributed by atoms with Crippen molar-refractivity contribution in [2.45, 2.75) is 62.0 Å². The van der Waals surface area contributed by atoms with Crippen molar-refractivity contribution in [1.82, 2.24) is 4.72 Å². The number of fused-ring (bicyclic) bond motifs is 4. The monoisotopic (exact) mass is 606 g/mol. The smallest absolute Gasteiger partial charge is 0.264 e. The maximum Gasteiger partial charge on any atom is 0.264 e. The molecule has 216 valence electrons. The minimum absolute atomic E-state index is 0.0213. The van der Waals surface area contributed by atoms with Crippen LogP contribution in [0.2, 0.25) is 5.02 Å². The first-order valence-corrected chi connectivity index (χ1v) is 17.9. The molecule has 8 nitrogen and oxygen atoms in total. The van der Waals surface area contributed by atoms with Crippen LogP contribution in [0, 0.1) is 5.92 Å². The number of rotatable bonds is 0. The molecule has 2 aliphatic carbocycles. The number of sulfonamides is 1. The Morgan fingerprint density at radius 1 is 0.975 bits per heavy atom. The van der Waals surface area contributed by atoms with Crippen LogP contribution in [0.15, 0.2) is 36.4 Å². The van der Waals surface area contributed by atoms with Crippen molar-refractivity contribution in [2.75, 3.05) is 36.1 Å². The van der Waals surface area contributed by atoms with Crippen LogP contribution in [0.25, 0.3) is 0 Å². The first-order chi connectivity index (χ1) is 19.1. The number of carbonyl (C=O) groups is 1. The zero-order valence-electron chi connectivity index (χ0n) is 22.4. The maximum absolute atomic E-state index is 13.3. The Hall–Kier alpha value is -2.30. The molecule has 0 saturated heterocycles. The van der Waals surface area contributed by atoms with E-state index in [4.69, 9.17) is 16.3 Å². The zero-order chi connectivity index (χ0) is 28.1. The minimum atomic E-state index is -3.85. The van der Waals surface area contributed by atoms with Crippen LogP contribution in [-0.2, 0) is 31.7 Å². The lowest BCUT2D eigenvalue weighted by molar-refractivity contribution is 0.0981. The van der Waals surface area contributed by atoms with Crippen molar-refractivity contribution >= 4 is 43.1 Å². The van der Waals surface area contributed by atoms with Crippen LogP contribution in [0.1, 0.15) is 66.4 Å². The molecule has 0 aromatic heterocycles. The summed E-state index contributed by atoms with van der Waals surface area (Å²) in [6, 6.07) is 11.0. The highest BCUT2D eigenvalue weighted by Gasteiger charge is 2.45. The lowest BCUT2D eigenvalue weighted by Crippen LogP contribution is -2.51. The topological polar surface area (TPSA) is 110 Å². The molecule has 2 heterocycles. The Labute approximate surface area is 241 Å². The van der Waals surface area contributed by atoms with Gasteiger partial charge >= 0.3 is 0 Å². The molecule has 2 aromatic rings. The highest BCUT2D eigenvalue weighted by molar-refractivity contribution is 7.92. The van der Waals surface area contributed by atoms with Gasteiger partial charge in [-0.2, -0.15) is 0 Å². The van der Waals surface area contributed by atoms with Crippen molar-refractivity contribution in [3.8, 4) is 5.75 Å². The van der Waals surface area contributed by atoms with Gasteiger partial charge in [0, 0.05) is 29.1 Å². The van der Waals surface area contributed by atoms with Gasteiger partial charge in [0.1, 0.15) is 5.75 Å². The molecule has 2 aromatic carbocycles. The SMILES string of the molecule is O=C1NS(=O)(=O)CCCCCS(=O)(=O)[C@H]2CC[C@@H]2CN2C[C@@]3(CCCc4cc(Cl)ccc43)COc3ccc1cc32. The van der Waals surface area contributed by atoms with Gasteiger partial charge in [0.2, 0.25) is 10.0 Å². The standard InChI is InChI=1S/C29H35ClN2O6S2/c30-23-8-9-24-20(15-23)5-4-12-29(24)18-32-17-22-7-11-27(22)39(34,35)13-2-1-3-14-40(36,37)31-28(33)21-6-10-26(38-19-29)25(32)16-21/h6,8-10,15-16,22,27H,1-5,7,11-14,17-19H2,(H,31,33)/t22-,27+,29+/m1/s1. The summed E-state index contributed by atoms with van der Waals surface area (Å²) in [7, 11) is -7.16. The number of hydrogen-bond acceptors (Lipinski definition) is 7. The normalized spacial score (nSPS) is 29.6.